The Morgan fingerprint density at radius 3 is 2.61 bits per heavy atom. The van der Waals surface area contributed by atoms with E-state index in [1.54, 1.807) is 0 Å². The number of nitrogens with one attached hydrogen (secondary N) is 1. The Kier molecular flexibility index (Phi) is 3.63. The van der Waals surface area contributed by atoms with Crippen LogP contribution in [0.25, 0.3) is 10.8 Å². The number of amides is 1. The fourth-order valence-electron chi connectivity index (χ4n) is 1.95. The number of nitrogens with two attached hydrogens (primary N) is 1. The Morgan fingerprint density at radius 2 is 1.89 bits per heavy atom. The summed E-state index contributed by atoms with van der Waals surface area (Å²) in [5.74, 6) is -0.0449. The van der Waals surface area contributed by atoms with Crippen LogP contribution in [0.15, 0.2) is 36.4 Å². The molecule has 1 unspecified atom stereocenters. The lowest BCUT2D eigenvalue weighted by atomic mass is 10.1. The van der Waals surface area contributed by atoms with Gasteiger partial charge in [0.25, 0.3) is 0 Å². The third-order valence-corrected chi connectivity index (χ3v) is 2.79. The SMILES string of the molecule is Cc1ccc2cc(NC(=O)CC(C)N)ccc2c1. The third kappa shape index (κ3) is 3.08. The first kappa shape index (κ1) is 12.6. The van der Waals surface area contributed by atoms with Gasteiger partial charge in [-0.2, -0.15) is 0 Å². The van der Waals surface area contributed by atoms with E-state index in [1.165, 1.54) is 10.9 Å². The van der Waals surface area contributed by atoms with E-state index >= 15 is 0 Å². The van der Waals surface area contributed by atoms with Crippen molar-refractivity contribution >= 4 is 22.4 Å². The number of carbonyl (C=O) groups is 1. The number of anilines is 1. The Balaban J connectivity index is 2.20. The number of hydrogen-bond donors (Lipinski definition) is 2. The summed E-state index contributed by atoms with van der Waals surface area (Å²) in [6, 6.07) is 12.1. The van der Waals surface area contributed by atoms with Crippen molar-refractivity contribution in [1.29, 1.82) is 0 Å². The average Bonchev–Trinajstić information content (AvgIpc) is 2.28. The number of benzene rings is 2. The molecule has 1 atom stereocenters. The molecule has 0 radical (unpaired) electrons. The lowest BCUT2D eigenvalue weighted by molar-refractivity contribution is -0.116. The molecule has 3 heteroatoms. The monoisotopic (exact) mass is 242 g/mol. The van der Waals surface area contributed by atoms with Gasteiger partial charge >= 0.3 is 0 Å². The van der Waals surface area contributed by atoms with Gasteiger partial charge in [-0.05, 0) is 36.8 Å². The molecule has 2 aromatic carbocycles. The van der Waals surface area contributed by atoms with Crippen molar-refractivity contribution < 1.29 is 4.79 Å². The highest BCUT2D eigenvalue weighted by atomic mass is 16.1. The standard InChI is InChI=1S/C15H18N2O/c1-10-3-4-13-9-14(6-5-12(13)7-10)17-15(18)8-11(2)16/h3-7,9,11H,8,16H2,1-2H3,(H,17,18). The van der Waals surface area contributed by atoms with Crippen LogP contribution in [0.5, 0.6) is 0 Å². The molecule has 0 saturated heterocycles. The number of hydrogen-bond acceptors (Lipinski definition) is 2. The molecule has 94 valence electrons. The van der Waals surface area contributed by atoms with Gasteiger partial charge in [-0.25, -0.2) is 0 Å². The molecule has 18 heavy (non-hydrogen) atoms. The first-order valence-electron chi connectivity index (χ1n) is 6.10. The third-order valence-electron chi connectivity index (χ3n) is 2.79. The van der Waals surface area contributed by atoms with Crippen LogP contribution in [-0.4, -0.2) is 11.9 Å². The molecule has 0 aliphatic rings. The second-order valence-electron chi connectivity index (χ2n) is 4.79. The highest BCUT2D eigenvalue weighted by Crippen LogP contribution is 2.20. The predicted molar refractivity (Wildman–Crippen MR) is 75.6 cm³/mol. The van der Waals surface area contributed by atoms with Gasteiger partial charge in [-0.1, -0.05) is 29.8 Å². The largest absolute Gasteiger partial charge is 0.327 e. The van der Waals surface area contributed by atoms with Gasteiger partial charge in [0.15, 0.2) is 0 Å². The van der Waals surface area contributed by atoms with Crippen molar-refractivity contribution in [1.82, 2.24) is 0 Å². The van der Waals surface area contributed by atoms with Crippen LogP contribution in [0.1, 0.15) is 18.9 Å². The first-order chi connectivity index (χ1) is 8.54. The van der Waals surface area contributed by atoms with Gasteiger partial charge in [0, 0.05) is 18.2 Å². The second kappa shape index (κ2) is 5.19. The van der Waals surface area contributed by atoms with Crippen molar-refractivity contribution in [3.63, 3.8) is 0 Å². The van der Waals surface area contributed by atoms with Crippen LogP contribution in [0.4, 0.5) is 5.69 Å². The molecule has 0 heterocycles. The van der Waals surface area contributed by atoms with E-state index in [0.717, 1.165) is 11.1 Å². The molecule has 3 nitrogen and oxygen atoms in total. The van der Waals surface area contributed by atoms with E-state index in [9.17, 15) is 4.79 Å². The van der Waals surface area contributed by atoms with Crippen molar-refractivity contribution in [2.45, 2.75) is 26.3 Å². The Hall–Kier alpha value is -1.87. The summed E-state index contributed by atoms with van der Waals surface area (Å²) in [5.41, 5.74) is 7.64. The molecule has 0 aliphatic heterocycles. The fourth-order valence-corrected chi connectivity index (χ4v) is 1.95. The van der Waals surface area contributed by atoms with Gasteiger partial charge in [0.2, 0.25) is 5.91 Å². The van der Waals surface area contributed by atoms with Gasteiger partial charge < -0.3 is 11.1 Å². The summed E-state index contributed by atoms with van der Waals surface area (Å²) in [5, 5.41) is 5.17. The minimum absolute atomic E-state index is 0.0449. The number of fused-ring (bicyclic) bond motifs is 1. The van der Waals surface area contributed by atoms with Crippen LogP contribution in [-0.2, 0) is 4.79 Å². The summed E-state index contributed by atoms with van der Waals surface area (Å²) in [7, 11) is 0. The average molecular weight is 242 g/mol. The quantitative estimate of drug-likeness (QED) is 0.869. The van der Waals surface area contributed by atoms with E-state index in [4.69, 9.17) is 5.73 Å². The Bertz CT molecular complexity index is 576. The zero-order valence-corrected chi connectivity index (χ0v) is 10.7. The molecule has 0 saturated carbocycles. The van der Waals surface area contributed by atoms with Crippen LogP contribution in [0, 0.1) is 6.92 Å². The summed E-state index contributed by atoms with van der Waals surface area (Å²) in [6.07, 6.45) is 0.339. The Morgan fingerprint density at radius 1 is 1.22 bits per heavy atom. The molecule has 2 rings (SSSR count). The summed E-state index contributed by atoms with van der Waals surface area (Å²) >= 11 is 0. The van der Waals surface area contributed by atoms with Gasteiger partial charge in [-0.3, -0.25) is 4.79 Å². The summed E-state index contributed by atoms with van der Waals surface area (Å²) < 4.78 is 0. The minimum Gasteiger partial charge on any atom is -0.327 e. The van der Waals surface area contributed by atoms with E-state index in [2.05, 4.69) is 30.4 Å². The van der Waals surface area contributed by atoms with E-state index in [-0.39, 0.29) is 11.9 Å². The van der Waals surface area contributed by atoms with Crippen molar-refractivity contribution in [3.05, 3.63) is 42.0 Å². The van der Waals surface area contributed by atoms with Crippen LogP contribution in [0.2, 0.25) is 0 Å². The van der Waals surface area contributed by atoms with Crippen LogP contribution < -0.4 is 11.1 Å². The number of rotatable bonds is 3. The highest BCUT2D eigenvalue weighted by molar-refractivity contribution is 5.94. The predicted octanol–water partition coefficient (Wildman–Crippen LogP) is 2.82. The molecule has 0 fully saturated rings. The van der Waals surface area contributed by atoms with E-state index < -0.39 is 0 Å². The molecular formula is C15H18N2O. The summed E-state index contributed by atoms with van der Waals surface area (Å²) in [6.45, 7) is 3.89. The molecule has 1 amide bonds. The molecule has 3 N–H and O–H groups in total. The van der Waals surface area contributed by atoms with Crippen LogP contribution >= 0.6 is 0 Å². The molecular weight excluding hydrogens is 224 g/mol. The van der Waals surface area contributed by atoms with Gasteiger partial charge in [0.1, 0.15) is 0 Å². The smallest absolute Gasteiger partial charge is 0.225 e. The zero-order chi connectivity index (χ0) is 13.1. The van der Waals surface area contributed by atoms with Gasteiger partial charge in [0.05, 0.1) is 0 Å². The molecule has 0 aromatic heterocycles. The number of aryl methyl sites for hydroxylation is 1. The first-order valence-corrected chi connectivity index (χ1v) is 6.10. The normalized spacial score (nSPS) is 12.4. The molecule has 0 bridgehead atoms. The van der Waals surface area contributed by atoms with Crippen molar-refractivity contribution in [3.8, 4) is 0 Å². The fraction of sp³-hybridized carbons (Fsp3) is 0.267. The Labute approximate surface area is 107 Å². The maximum Gasteiger partial charge on any atom is 0.225 e. The second-order valence-corrected chi connectivity index (χ2v) is 4.79. The maximum absolute atomic E-state index is 11.6. The van der Waals surface area contributed by atoms with Gasteiger partial charge in [-0.15, -0.1) is 0 Å². The molecule has 0 aliphatic carbocycles. The molecule has 2 aromatic rings. The lowest BCUT2D eigenvalue weighted by Crippen LogP contribution is -2.23. The molecule has 0 spiro atoms. The minimum atomic E-state index is -0.117. The topological polar surface area (TPSA) is 55.1 Å². The van der Waals surface area contributed by atoms with E-state index in [1.807, 2.05) is 25.1 Å². The number of carbonyl (C=O) groups excluding carboxylic acids is 1. The van der Waals surface area contributed by atoms with Crippen molar-refractivity contribution in [2.75, 3.05) is 5.32 Å². The summed E-state index contributed by atoms with van der Waals surface area (Å²) in [4.78, 5) is 11.6. The zero-order valence-electron chi connectivity index (χ0n) is 10.7. The van der Waals surface area contributed by atoms with Crippen LogP contribution in [0.3, 0.4) is 0 Å². The maximum atomic E-state index is 11.6. The van der Waals surface area contributed by atoms with E-state index in [0.29, 0.717) is 6.42 Å². The highest BCUT2D eigenvalue weighted by Gasteiger charge is 2.05. The van der Waals surface area contributed by atoms with Crippen molar-refractivity contribution in [2.24, 2.45) is 5.73 Å². The lowest BCUT2D eigenvalue weighted by Gasteiger charge is -2.08.